The fourth-order valence-electron chi connectivity index (χ4n) is 2.81. The van der Waals surface area contributed by atoms with Crippen LogP contribution in [0, 0.1) is 0 Å². The quantitative estimate of drug-likeness (QED) is 0.881. The SMILES string of the molecule is O=C(Nc1ccccc1)N1CCCN(c2ccc(C(F)(F)F)cn2)CC1. The monoisotopic (exact) mass is 364 g/mol. The van der Waals surface area contributed by atoms with Crippen LogP contribution in [-0.4, -0.2) is 42.1 Å². The Hall–Kier alpha value is -2.77. The van der Waals surface area contributed by atoms with Gasteiger partial charge in [0.15, 0.2) is 0 Å². The summed E-state index contributed by atoms with van der Waals surface area (Å²) < 4.78 is 37.9. The lowest BCUT2D eigenvalue weighted by molar-refractivity contribution is -0.137. The summed E-state index contributed by atoms with van der Waals surface area (Å²) in [7, 11) is 0. The molecule has 0 unspecified atom stereocenters. The van der Waals surface area contributed by atoms with E-state index >= 15 is 0 Å². The maximum absolute atomic E-state index is 12.6. The number of pyridine rings is 1. The van der Waals surface area contributed by atoms with Crippen LogP contribution in [0.3, 0.4) is 0 Å². The van der Waals surface area contributed by atoms with Crippen molar-refractivity contribution in [3.63, 3.8) is 0 Å². The Morgan fingerprint density at radius 2 is 1.77 bits per heavy atom. The van der Waals surface area contributed by atoms with Gasteiger partial charge in [0.05, 0.1) is 5.56 Å². The molecule has 0 saturated carbocycles. The minimum absolute atomic E-state index is 0.182. The van der Waals surface area contributed by atoms with E-state index in [4.69, 9.17) is 0 Å². The summed E-state index contributed by atoms with van der Waals surface area (Å²) in [5.41, 5.74) is -0.0389. The highest BCUT2D eigenvalue weighted by atomic mass is 19.4. The molecule has 1 aromatic carbocycles. The molecule has 0 atom stereocenters. The van der Waals surface area contributed by atoms with Gasteiger partial charge in [-0.3, -0.25) is 0 Å². The molecule has 26 heavy (non-hydrogen) atoms. The number of nitrogens with zero attached hydrogens (tertiary/aromatic N) is 3. The van der Waals surface area contributed by atoms with Crippen molar-refractivity contribution < 1.29 is 18.0 Å². The average molecular weight is 364 g/mol. The molecule has 1 aromatic heterocycles. The zero-order valence-corrected chi connectivity index (χ0v) is 14.0. The Kier molecular flexibility index (Phi) is 5.29. The van der Waals surface area contributed by atoms with Crippen molar-refractivity contribution >= 4 is 17.5 Å². The van der Waals surface area contributed by atoms with Crippen LogP contribution >= 0.6 is 0 Å². The normalized spacial score (nSPS) is 15.5. The first-order valence-corrected chi connectivity index (χ1v) is 8.33. The molecule has 0 radical (unpaired) electrons. The van der Waals surface area contributed by atoms with Crippen LogP contribution in [0.1, 0.15) is 12.0 Å². The van der Waals surface area contributed by atoms with E-state index in [-0.39, 0.29) is 6.03 Å². The molecule has 2 heterocycles. The van der Waals surface area contributed by atoms with Gasteiger partial charge in [-0.15, -0.1) is 0 Å². The third kappa shape index (κ3) is 4.44. The van der Waals surface area contributed by atoms with Gasteiger partial charge < -0.3 is 15.1 Å². The first kappa shape index (κ1) is 18.0. The highest BCUT2D eigenvalue weighted by Gasteiger charge is 2.31. The number of carbonyl (C=O) groups excluding carboxylic acids is 1. The smallest absolute Gasteiger partial charge is 0.355 e. The minimum atomic E-state index is -4.39. The number of nitrogens with one attached hydrogen (secondary N) is 1. The third-order valence-corrected chi connectivity index (χ3v) is 4.21. The summed E-state index contributed by atoms with van der Waals surface area (Å²) in [6, 6.07) is 11.4. The number of carbonyl (C=O) groups is 1. The lowest BCUT2D eigenvalue weighted by atomic mass is 10.2. The molecule has 5 nitrogen and oxygen atoms in total. The summed E-state index contributed by atoms with van der Waals surface area (Å²) in [6.45, 7) is 2.20. The van der Waals surface area contributed by atoms with Crippen LogP contribution in [0.2, 0.25) is 0 Å². The summed E-state index contributed by atoms with van der Waals surface area (Å²) in [5.74, 6) is 0.489. The molecule has 2 amide bonds. The highest BCUT2D eigenvalue weighted by Crippen LogP contribution is 2.29. The number of anilines is 2. The van der Waals surface area contributed by atoms with Crippen molar-refractivity contribution in [2.24, 2.45) is 0 Å². The second kappa shape index (κ2) is 7.63. The number of hydrogen-bond donors (Lipinski definition) is 1. The summed E-state index contributed by atoms with van der Waals surface area (Å²) >= 11 is 0. The van der Waals surface area contributed by atoms with Gasteiger partial charge in [0.2, 0.25) is 0 Å². The van der Waals surface area contributed by atoms with Gasteiger partial charge in [-0.25, -0.2) is 9.78 Å². The number of para-hydroxylation sites is 1. The molecule has 0 aliphatic carbocycles. The Bertz CT molecular complexity index is 734. The Morgan fingerprint density at radius 3 is 2.42 bits per heavy atom. The molecule has 2 aromatic rings. The number of alkyl halides is 3. The summed E-state index contributed by atoms with van der Waals surface area (Å²) in [5, 5.41) is 2.85. The first-order chi connectivity index (χ1) is 12.4. The predicted octanol–water partition coefficient (Wildman–Crippen LogP) is 3.84. The van der Waals surface area contributed by atoms with E-state index in [0.717, 1.165) is 18.0 Å². The number of aromatic nitrogens is 1. The predicted molar refractivity (Wildman–Crippen MR) is 93.1 cm³/mol. The molecule has 1 aliphatic heterocycles. The molecular weight excluding hydrogens is 345 g/mol. The molecule has 138 valence electrons. The molecule has 1 N–H and O–H groups in total. The van der Waals surface area contributed by atoms with Crippen LogP contribution in [0.5, 0.6) is 0 Å². The van der Waals surface area contributed by atoms with Crippen molar-refractivity contribution in [2.75, 3.05) is 36.4 Å². The average Bonchev–Trinajstić information content (AvgIpc) is 2.88. The zero-order valence-electron chi connectivity index (χ0n) is 14.0. The maximum atomic E-state index is 12.6. The number of urea groups is 1. The standard InChI is InChI=1S/C18H19F3N4O/c19-18(20,21)14-7-8-16(22-13-14)24-9-4-10-25(12-11-24)17(26)23-15-5-2-1-3-6-15/h1-3,5-8,13H,4,9-12H2,(H,23,26). The van der Waals surface area contributed by atoms with Crippen molar-refractivity contribution in [3.05, 3.63) is 54.2 Å². The molecule has 1 aliphatic rings. The van der Waals surface area contributed by atoms with Crippen molar-refractivity contribution in [2.45, 2.75) is 12.6 Å². The summed E-state index contributed by atoms with van der Waals surface area (Å²) in [6.07, 6.45) is -2.83. The van der Waals surface area contributed by atoms with E-state index in [0.29, 0.717) is 38.4 Å². The second-order valence-corrected chi connectivity index (χ2v) is 6.03. The van der Waals surface area contributed by atoms with Gasteiger partial charge in [0.1, 0.15) is 5.82 Å². The number of amides is 2. The fourth-order valence-corrected chi connectivity index (χ4v) is 2.81. The Balaban J connectivity index is 1.60. The van der Waals surface area contributed by atoms with Crippen LogP contribution in [0.4, 0.5) is 29.5 Å². The van der Waals surface area contributed by atoms with Gasteiger partial charge >= 0.3 is 12.2 Å². The molecule has 8 heteroatoms. The van der Waals surface area contributed by atoms with E-state index in [1.54, 1.807) is 4.90 Å². The van der Waals surface area contributed by atoms with E-state index in [1.165, 1.54) is 6.07 Å². The van der Waals surface area contributed by atoms with Crippen LogP contribution < -0.4 is 10.2 Å². The maximum Gasteiger partial charge on any atom is 0.417 e. The number of rotatable bonds is 2. The Labute approximate surface area is 149 Å². The van der Waals surface area contributed by atoms with E-state index < -0.39 is 11.7 Å². The molecule has 0 spiro atoms. The zero-order chi connectivity index (χ0) is 18.6. The first-order valence-electron chi connectivity index (χ1n) is 8.33. The van der Waals surface area contributed by atoms with Crippen molar-refractivity contribution in [1.29, 1.82) is 0 Å². The molecular formula is C18H19F3N4O. The van der Waals surface area contributed by atoms with Crippen LogP contribution in [0.25, 0.3) is 0 Å². The molecule has 1 fully saturated rings. The van der Waals surface area contributed by atoms with Crippen LogP contribution in [-0.2, 0) is 6.18 Å². The van der Waals surface area contributed by atoms with E-state index in [9.17, 15) is 18.0 Å². The van der Waals surface area contributed by atoms with E-state index in [1.807, 2.05) is 35.2 Å². The number of hydrogen-bond acceptors (Lipinski definition) is 3. The van der Waals surface area contributed by atoms with Crippen molar-refractivity contribution in [3.8, 4) is 0 Å². The lowest BCUT2D eigenvalue weighted by Gasteiger charge is -2.23. The van der Waals surface area contributed by atoms with Gasteiger partial charge in [-0.1, -0.05) is 18.2 Å². The minimum Gasteiger partial charge on any atom is -0.355 e. The molecule has 1 saturated heterocycles. The topological polar surface area (TPSA) is 48.5 Å². The fraction of sp³-hybridized carbons (Fsp3) is 0.333. The van der Waals surface area contributed by atoms with Gasteiger partial charge in [0, 0.05) is 38.1 Å². The highest BCUT2D eigenvalue weighted by molar-refractivity contribution is 5.89. The molecule has 0 bridgehead atoms. The van der Waals surface area contributed by atoms with Gasteiger partial charge in [0.25, 0.3) is 0 Å². The van der Waals surface area contributed by atoms with Crippen LogP contribution in [0.15, 0.2) is 48.7 Å². The largest absolute Gasteiger partial charge is 0.417 e. The van der Waals surface area contributed by atoms with Gasteiger partial charge in [-0.2, -0.15) is 13.2 Å². The second-order valence-electron chi connectivity index (χ2n) is 6.03. The Morgan fingerprint density at radius 1 is 1.00 bits per heavy atom. The third-order valence-electron chi connectivity index (χ3n) is 4.21. The van der Waals surface area contributed by atoms with Gasteiger partial charge in [-0.05, 0) is 30.7 Å². The molecule has 3 rings (SSSR count). The number of halogens is 3. The lowest BCUT2D eigenvalue weighted by Crippen LogP contribution is -2.38. The number of benzene rings is 1. The summed E-state index contributed by atoms with van der Waals surface area (Å²) in [4.78, 5) is 19.9. The van der Waals surface area contributed by atoms with Crippen molar-refractivity contribution in [1.82, 2.24) is 9.88 Å². The van der Waals surface area contributed by atoms with E-state index in [2.05, 4.69) is 10.3 Å².